The minimum absolute atomic E-state index is 0.130. The normalized spacial score (nSPS) is 11.7. The van der Waals surface area contributed by atoms with E-state index < -0.39 is 14.9 Å². The number of nitro benzene ring substituents is 1. The van der Waals surface area contributed by atoms with Gasteiger partial charge < -0.3 is 0 Å². The van der Waals surface area contributed by atoms with Gasteiger partial charge in [0.1, 0.15) is 6.33 Å². The van der Waals surface area contributed by atoms with Crippen LogP contribution in [-0.2, 0) is 10.0 Å². The van der Waals surface area contributed by atoms with Crippen molar-refractivity contribution >= 4 is 49.3 Å². The summed E-state index contributed by atoms with van der Waals surface area (Å²) < 4.78 is 27.2. The molecule has 0 unspecified atom stereocenters. The van der Waals surface area contributed by atoms with Crippen molar-refractivity contribution in [2.45, 2.75) is 4.90 Å². The van der Waals surface area contributed by atoms with E-state index in [2.05, 4.69) is 27.6 Å². The third-order valence-electron chi connectivity index (χ3n) is 3.08. The van der Waals surface area contributed by atoms with Gasteiger partial charge in [0.05, 0.1) is 20.9 Å². The Balaban J connectivity index is 2.17. The summed E-state index contributed by atoms with van der Waals surface area (Å²) in [6.45, 7) is 0. The molecule has 0 aliphatic heterocycles. The molecule has 0 atom stereocenters. The first-order valence-corrected chi connectivity index (χ1v) is 8.54. The summed E-state index contributed by atoms with van der Waals surface area (Å²) in [4.78, 5) is 14.3. The highest BCUT2D eigenvalue weighted by atomic mass is 127. The first-order valence-electron chi connectivity index (χ1n) is 6.02. The van der Waals surface area contributed by atoms with Crippen molar-refractivity contribution in [3.05, 3.63) is 62.5 Å². The van der Waals surface area contributed by atoms with Gasteiger partial charge in [-0.15, -0.1) is 0 Å². The van der Waals surface area contributed by atoms with Crippen LogP contribution in [0.2, 0.25) is 0 Å². The SMILES string of the molecule is O=[N+]([O-])c1ccc2c(c1)ncn2S(=O)(=O)c1ccc(I)cc1. The number of non-ortho nitro benzene ring substituents is 1. The van der Waals surface area contributed by atoms with Crippen molar-refractivity contribution in [1.82, 2.24) is 8.96 Å². The molecular formula is C13H8IN3O4S. The number of fused-ring (bicyclic) bond motifs is 1. The predicted molar refractivity (Wildman–Crippen MR) is 88.1 cm³/mol. The molecule has 0 N–H and O–H groups in total. The summed E-state index contributed by atoms with van der Waals surface area (Å²) in [7, 11) is -3.79. The van der Waals surface area contributed by atoms with E-state index in [1.807, 2.05) is 0 Å². The maximum Gasteiger partial charge on any atom is 0.271 e. The van der Waals surface area contributed by atoms with Gasteiger partial charge in [0.15, 0.2) is 0 Å². The predicted octanol–water partition coefficient (Wildman–Crippen LogP) is 2.79. The fraction of sp³-hybridized carbons (Fsp3) is 0. The standard InChI is InChI=1S/C13H8IN3O4S/c14-9-1-4-11(5-2-9)22(20,21)16-8-15-12-7-10(17(18)19)3-6-13(12)16/h1-8H. The monoisotopic (exact) mass is 429 g/mol. The lowest BCUT2D eigenvalue weighted by Crippen LogP contribution is -2.11. The minimum Gasteiger partial charge on any atom is -0.258 e. The average molecular weight is 429 g/mol. The van der Waals surface area contributed by atoms with Gasteiger partial charge in [0.2, 0.25) is 0 Å². The quantitative estimate of drug-likeness (QED) is 0.363. The second-order valence-corrected chi connectivity index (χ2v) is 7.49. The van der Waals surface area contributed by atoms with Crippen LogP contribution < -0.4 is 0 Å². The van der Waals surface area contributed by atoms with Gasteiger partial charge in [-0.3, -0.25) is 10.1 Å². The molecule has 0 spiro atoms. The third-order valence-corrected chi connectivity index (χ3v) is 5.48. The minimum atomic E-state index is -3.79. The van der Waals surface area contributed by atoms with Crippen molar-refractivity contribution in [2.75, 3.05) is 0 Å². The van der Waals surface area contributed by atoms with Crippen molar-refractivity contribution in [2.24, 2.45) is 0 Å². The topological polar surface area (TPSA) is 95.1 Å². The fourth-order valence-corrected chi connectivity index (χ4v) is 3.65. The van der Waals surface area contributed by atoms with E-state index >= 15 is 0 Å². The van der Waals surface area contributed by atoms with Gasteiger partial charge in [-0.2, -0.15) is 0 Å². The molecule has 1 heterocycles. The van der Waals surface area contributed by atoms with Gasteiger partial charge in [-0.05, 0) is 52.9 Å². The third kappa shape index (κ3) is 2.46. The maximum atomic E-state index is 12.6. The van der Waals surface area contributed by atoms with Crippen molar-refractivity contribution in [3.8, 4) is 0 Å². The fourth-order valence-electron chi connectivity index (χ4n) is 2.00. The zero-order chi connectivity index (χ0) is 15.9. The van der Waals surface area contributed by atoms with Crippen LogP contribution in [-0.4, -0.2) is 22.3 Å². The molecule has 9 heteroatoms. The Morgan fingerprint density at radius 3 is 2.45 bits per heavy atom. The molecule has 0 aliphatic rings. The van der Waals surface area contributed by atoms with Crippen LogP contribution in [0.1, 0.15) is 0 Å². The molecule has 3 rings (SSSR count). The van der Waals surface area contributed by atoms with Gasteiger partial charge in [-0.25, -0.2) is 17.4 Å². The molecule has 22 heavy (non-hydrogen) atoms. The highest BCUT2D eigenvalue weighted by Crippen LogP contribution is 2.24. The van der Waals surface area contributed by atoms with Gasteiger partial charge in [0.25, 0.3) is 15.7 Å². The Kier molecular flexibility index (Phi) is 3.60. The first-order chi connectivity index (χ1) is 10.4. The second-order valence-electron chi connectivity index (χ2n) is 4.43. The Morgan fingerprint density at radius 1 is 1.14 bits per heavy atom. The van der Waals surface area contributed by atoms with Crippen molar-refractivity contribution in [1.29, 1.82) is 0 Å². The zero-order valence-electron chi connectivity index (χ0n) is 10.9. The number of rotatable bonds is 3. The zero-order valence-corrected chi connectivity index (χ0v) is 13.9. The molecule has 2 aromatic carbocycles. The van der Waals surface area contributed by atoms with Crippen LogP contribution in [0.3, 0.4) is 0 Å². The Labute approximate surface area is 138 Å². The number of aromatic nitrogens is 2. The number of hydrogen-bond acceptors (Lipinski definition) is 5. The molecule has 7 nitrogen and oxygen atoms in total. The molecule has 0 aliphatic carbocycles. The lowest BCUT2D eigenvalue weighted by atomic mass is 10.3. The van der Waals surface area contributed by atoms with Crippen molar-refractivity contribution in [3.63, 3.8) is 0 Å². The summed E-state index contributed by atoms with van der Waals surface area (Å²) in [5.74, 6) is 0. The van der Waals surface area contributed by atoms with E-state index in [9.17, 15) is 18.5 Å². The highest BCUT2D eigenvalue weighted by molar-refractivity contribution is 14.1. The number of benzene rings is 2. The summed E-state index contributed by atoms with van der Waals surface area (Å²) >= 11 is 2.08. The van der Waals surface area contributed by atoms with E-state index in [-0.39, 0.29) is 16.1 Å². The number of nitrogens with zero attached hydrogens (tertiary/aromatic N) is 3. The molecule has 3 aromatic rings. The van der Waals surface area contributed by atoms with E-state index in [0.717, 1.165) is 13.9 Å². The van der Waals surface area contributed by atoms with E-state index in [1.54, 1.807) is 12.1 Å². The Hall–Kier alpha value is -2.01. The van der Waals surface area contributed by atoms with Crippen molar-refractivity contribution < 1.29 is 13.3 Å². The molecule has 0 fully saturated rings. The number of hydrogen-bond donors (Lipinski definition) is 0. The molecule has 0 radical (unpaired) electrons. The van der Waals surface area contributed by atoms with Gasteiger partial charge in [0, 0.05) is 15.7 Å². The lowest BCUT2D eigenvalue weighted by Gasteiger charge is -2.06. The number of halogens is 1. The molecule has 112 valence electrons. The number of nitro groups is 1. The largest absolute Gasteiger partial charge is 0.271 e. The van der Waals surface area contributed by atoms with E-state index in [4.69, 9.17) is 0 Å². The second kappa shape index (κ2) is 5.32. The Bertz CT molecular complexity index is 980. The average Bonchev–Trinajstić information content (AvgIpc) is 2.91. The molecule has 0 saturated carbocycles. The molecule has 1 aromatic heterocycles. The van der Waals surface area contributed by atoms with E-state index in [0.29, 0.717) is 5.52 Å². The molecular weight excluding hydrogens is 421 g/mol. The molecule has 0 amide bonds. The Morgan fingerprint density at radius 2 is 1.82 bits per heavy atom. The summed E-state index contributed by atoms with van der Waals surface area (Å²) in [6, 6.07) is 10.3. The summed E-state index contributed by atoms with van der Waals surface area (Å²) in [6.07, 6.45) is 1.15. The summed E-state index contributed by atoms with van der Waals surface area (Å²) in [5, 5.41) is 10.8. The molecule has 0 bridgehead atoms. The maximum absolute atomic E-state index is 12.6. The van der Waals surface area contributed by atoms with Gasteiger partial charge in [-0.1, -0.05) is 0 Å². The first kappa shape index (κ1) is 14.9. The lowest BCUT2D eigenvalue weighted by molar-refractivity contribution is -0.384. The van der Waals surface area contributed by atoms with E-state index in [1.165, 1.54) is 30.3 Å². The summed E-state index contributed by atoms with van der Waals surface area (Å²) in [5.41, 5.74) is 0.414. The van der Waals surface area contributed by atoms with Crippen LogP contribution in [0.25, 0.3) is 11.0 Å². The molecule has 0 saturated heterocycles. The van der Waals surface area contributed by atoms with Crippen LogP contribution in [0.4, 0.5) is 5.69 Å². The van der Waals surface area contributed by atoms with Gasteiger partial charge >= 0.3 is 0 Å². The highest BCUT2D eigenvalue weighted by Gasteiger charge is 2.20. The smallest absolute Gasteiger partial charge is 0.258 e. The van der Waals surface area contributed by atoms with Crippen LogP contribution in [0.15, 0.2) is 53.7 Å². The van der Waals surface area contributed by atoms with Crippen LogP contribution in [0, 0.1) is 13.7 Å². The van der Waals surface area contributed by atoms with Crippen LogP contribution in [0.5, 0.6) is 0 Å². The van der Waals surface area contributed by atoms with Crippen LogP contribution >= 0.6 is 22.6 Å². The number of imidazole rings is 1.